The predicted molar refractivity (Wildman–Crippen MR) is 82.9 cm³/mol. The summed E-state index contributed by atoms with van der Waals surface area (Å²) < 4.78 is 82.0. The molecule has 0 saturated heterocycles. The van der Waals surface area contributed by atoms with Crippen molar-refractivity contribution in [2.45, 2.75) is 39.1 Å². The van der Waals surface area contributed by atoms with Crippen LogP contribution >= 0.6 is 0 Å². The maximum Gasteiger partial charge on any atom is 0.418 e. The summed E-state index contributed by atoms with van der Waals surface area (Å²) in [6.07, 6.45) is -5.29. The summed E-state index contributed by atoms with van der Waals surface area (Å²) in [5.74, 6) is -1.42. The molecule has 1 aromatic carbocycles. The summed E-state index contributed by atoms with van der Waals surface area (Å²) in [6.45, 7) is 4.35. The van der Waals surface area contributed by atoms with Crippen LogP contribution in [0.25, 0.3) is 0 Å². The first-order valence-electron chi connectivity index (χ1n) is 6.93. The van der Waals surface area contributed by atoms with Crippen molar-refractivity contribution in [2.24, 2.45) is 0 Å². The lowest BCUT2D eigenvalue weighted by atomic mass is 10.1. The van der Waals surface area contributed by atoms with Gasteiger partial charge < -0.3 is 10.1 Å². The Morgan fingerprint density at radius 1 is 1.20 bits per heavy atom. The standard InChI is InChI=1S/C14H18F4N2O4S/c1-13(2,3)24-12(21)19-7-8-5-9(14(16,17)18)11(10(15)6-8)20-25(4,22)23/h5-6,20H,7H2,1-4H3,(H,19,21). The number of benzene rings is 1. The van der Waals surface area contributed by atoms with Crippen LogP contribution in [0.3, 0.4) is 0 Å². The fraction of sp³-hybridized carbons (Fsp3) is 0.500. The van der Waals surface area contributed by atoms with Crippen LogP contribution in [0.1, 0.15) is 31.9 Å². The van der Waals surface area contributed by atoms with Crippen molar-refractivity contribution < 1.29 is 35.5 Å². The maximum atomic E-state index is 14.0. The zero-order valence-corrected chi connectivity index (χ0v) is 14.7. The Kier molecular flexibility index (Phi) is 5.93. The lowest BCUT2D eigenvalue weighted by Gasteiger charge is -2.20. The normalized spacial score (nSPS) is 12.6. The number of carbonyl (C=O) groups is 1. The molecule has 0 aliphatic rings. The van der Waals surface area contributed by atoms with Crippen LogP contribution in [0.4, 0.5) is 28.0 Å². The van der Waals surface area contributed by atoms with Crippen molar-refractivity contribution in [1.29, 1.82) is 0 Å². The number of sulfonamides is 1. The maximum absolute atomic E-state index is 14.0. The molecule has 0 fully saturated rings. The Bertz CT molecular complexity index is 755. The van der Waals surface area contributed by atoms with Crippen LogP contribution < -0.4 is 10.0 Å². The first-order valence-corrected chi connectivity index (χ1v) is 8.82. The molecule has 0 heterocycles. The molecule has 0 radical (unpaired) electrons. The van der Waals surface area contributed by atoms with E-state index in [2.05, 4.69) is 5.32 Å². The Balaban J connectivity index is 3.12. The molecule has 0 saturated carbocycles. The Hall–Kier alpha value is -2.04. The van der Waals surface area contributed by atoms with E-state index in [-0.39, 0.29) is 5.56 Å². The highest BCUT2D eigenvalue weighted by Gasteiger charge is 2.36. The van der Waals surface area contributed by atoms with E-state index in [1.165, 1.54) is 4.72 Å². The number of alkyl halides is 3. The van der Waals surface area contributed by atoms with Crippen LogP contribution in [-0.4, -0.2) is 26.4 Å². The highest BCUT2D eigenvalue weighted by atomic mass is 32.2. The minimum Gasteiger partial charge on any atom is -0.444 e. The number of carbonyl (C=O) groups excluding carboxylic acids is 1. The first kappa shape index (κ1) is 21.0. The highest BCUT2D eigenvalue weighted by Crippen LogP contribution is 2.37. The molecule has 0 aliphatic carbocycles. The minimum atomic E-state index is -5.00. The van der Waals surface area contributed by atoms with Gasteiger partial charge in [0, 0.05) is 6.54 Å². The lowest BCUT2D eigenvalue weighted by molar-refractivity contribution is -0.137. The molecular weight excluding hydrogens is 368 g/mol. The zero-order valence-electron chi connectivity index (χ0n) is 13.9. The molecule has 25 heavy (non-hydrogen) atoms. The molecule has 0 unspecified atom stereocenters. The molecule has 0 spiro atoms. The molecule has 0 atom stereocenters. The molecule has 0 bridgehead atoms. The van der Waals surface area contributed by atoms with E-state index in [4.69, 9.17) is 4.74 Å². The summed E-state index contributed by atoms with van der Waals surface area (Å²) in [6, 6.07) is 1.24. The average Bonchev–Trinajstić information content (AvgIpc) is 2.34. The molecule has 0 aliphatic heterocycles. The zero-order chi connectivity index (χ0) is 19.6. The molecule has 0 aromatic heterocycles. The largest absolute Gasteiger partial charge is 0.444 e. The van der Waals surface area contributed by atoms with Gasteiger partial charge in [-0.05, 0) is 38.5 Å². The third-order valence-electron chi connectivity index (χ3n) is 2.58. The number of nitrogens with one attached hydrogen (secondary N) is 2. The molecule has 1 rings (SSSR count). The van der Waals surface area contributed by atoms with Crippen molar-refractivity contribution in [2.75, 3.05) is 11.0 Å². The van der Waals surface area contributed by atoms with Gasteiger partial charge in [-0.3, -0.25) is 4.72 Å². The van der Waals surface area contributed by atoms with Crippen LogP contribution in [0.15, 0.2) is 12.1 Å². The van der Waals surface area contributed by atoms with E-state index >= 15 is 0 Å². The predicted octanol–water partition coefficient (Wildman–Crippen LogP) is 3.24. The monoisotopic (exact) mass is 386 g/mol. The van der Waals surface area contributed by atoms with Crippen LogP contribution in [0.5, 0.6) is 0 Å². The van der Waals surface area contributed by atoms with Crippen LogP contribution in [0.2, 0.25) is 0 Å². The van der Waals surface area contributed by atoms with Gasteiger partial charge >= 0.3 is 12.3 Å². The summed E-state index contributed by atoms with van der Waals surface area (Å²) >= 11 is 0. The molecule has 6 nitrogen and oxygen atoms in total. The number of hydrogen-bond donors (Lipinski definition) is 2. The summed E-state index contributed by atoms with van der Waals surface area (Å²) in [5.41, 5.74) is -3.72. The Labute approximate surface area is 142 Å². The minimum absolute atomic E-state index is 0.213. The SMILES string of the molecule is CC(C)(C)OC(=O)NCc1cc(F)c(NS(C)(=O)=O)c(C(F)(F)F)c1. The van der Waals surface area contributed by atoms with Gasteiger partial charge in [0.1, 0.15) is 11.4 Å². The average molecular weight is 386 g/mol. The van der Waals surface area contributed by atoms with Gasteiger partial charge in [-0.1, -0.05) is 0 Å². The Morgan fingerprint density at radius 2 is 1.76 bits per heavy atom. The molecule has 2 N–H and O–H groups in total. The first-order chi connectivity index (χ1) is 11.1. The number of halogens is 4. The van der Waals surface area contributed by atoms with Gasteiger partial charge in [-0.2, -0.15) is 13.2 Å². The van der Waals surface area contributed by atoms with Crippen molar-refractivity contribution >= 4 is 21.8 Å². The van der Waals surface area contributed by atoms with Crippen LogP contribution in [-0.2, 0) is 27.5 Å². The fourth-order valence-corrected chi connectivity index (χ4v) is 2.34. The van der Waals surface area contributed by atoms with Crippen molar-refractivity contribution in [1.82, 2.24) is 5.32 Å². The highest BCUT2D eigenvalue weighted by molar-refractivity contribution is 7.92. The second kappa shape index (κ2) is 7.06. The lowest BCUT2D eigenvalue weighted by Crippen LogP contribution is -2.32. The van der Waals surface area contributed by atoms with Crippen molar-refractivity contribution in [3.8, 4) is 0 Å². The van der Waals surface area contributed by atoms with E-state index in [0.29, 0.717) is 18.4 Å². The van der Waals surface area contributed by atoms with E-state index in [0.717, 1.165) is 0 Å². The number of hydrogen-bond acceptors (Lipinski definition) is 4. The van der Waals surface area contributed by atoms with Gasteiger partial charge in [-0.15, -0.1) is 0 Å². The molecule has 142 valence electrons. The fourth-order valence-electron chi connectivity index (χ4n) is 1.77. The summed E-state index contributed by atoms with van der Waals surface area (Å²) in [7, 11) is -4.12. The van der Waals surface area contributed by atoms with Gasteiger partial charge in [0.05, 0.1) is 17.5 Å². The molecule has 1 aromatic rings. The molecule has 1 amide bonds. The van der Waals surface area contributed by atoms with Gasteiger partial charge in [0.2, 0.25) is 10.0 Å². The molecular formula is C14H18F4N2O4S. The summed E-state index contributed by atoms with van der Waals surface area (Å²) in [4.78, 5) is 11.5. The van der Waals surface area contributed by atoms with E-state index in [1.54, 1.807) is 20.8 Å². The summed E-state index contributed by atoms with van der Waals surface area (Å²) in [5, 5.41) is 2.20. The topological polar surface area (TPSA) is 84.5 Å². The number of amides is 1. The van der Waals surface area contributed by atoms with E-state index < -0.39 is 51.5 Å². The van der Waals surface area contributed by atoms with Gasteiger partial charge in [-0.25, -0.2) is 17.6 Å². The number of anilines is 1. The van der Waals surface area contributed by atoms with E-state index in [1.807, 2.05) is 0 Å². The smallest absolute Gasteiger partial charge is 0.418 e. The van der Waals surface area contributed by atoms with Crippen molar-refractivity contribution in [3.05, 3.63) is 29.1 Å². The van der Waals surface area contributed by atoms with Crippen molar-refractivity contribution in [3.63, 3.8) is 0 Å². The van der Waals surface area contributed by atoms with Crippen LogP contribution in [0, 0.1) is 5.82 Å². The number of rotatable bonds is 4. The third-order valence-corrected chi connectivity index (χ3v) is 3.15. The number of ether oxygens (including phenoxy) is 1. The van der Waals surface area contributed by atoms with Gasteiger partial charge in [0.15, 0.2) is 0 Å². The van der Waals surface area contributed by atoms with E-state index in [9.17, 15) is 30.8 Å². The second-order valence-electron chi connectivity index (χ2n) is 6.23. The quantitative estimate of drug-likeness (QED) is 0.778. The Morgan fingerprint density at radius 3 is 2.20 bits per heavy atom. The van der Waals surface area contributed by atoms with Gasteiger partial charge in [0.25, 0.3) is 0 Å². The number of alkyl carbamates (subject to hydrolysis) is 1. The second-order valence-corrected chi connectivity index (χ2v) is 7.98. The third kappa shape index (κ3) is 7.16. The molecule has 11 heteroatoms.